The second-order valence-corrected chi connectivity index (χ2v) is 9.98. The number of amides is 3. The lowest BCUT2D eigenvalue weighted by Gasteiger charge is -2.24. The van der Waals surface area contributed by atoms with Gasteiger partial charge in [0.2, 0.25) is 0 Å². The van der Waals surface area contributed by atoms with E-state index >= 15 is 0 Å². The molecule has 1 aromatic heterocycles. The van der Waals surface area contributed by atoms with E-state index in [1.165, 1.54) is 0 Å². The zero-order valence-corrected chi connectivity index (χ0v) is 20.7. The molecule has 33 heavy (non-hydrogen) atoms. The van der Waals surface area contributed by atoms with Crippen molar-refractivity contribution < 1.29 is 19.1 Å². The molecule has 0 radical (unpaired) electrons. The number of aryl methyl sites for hydroxylation is 1. The second-order valence-electron chi connectivity index (χ2n) is 9.98. The maximum absolute atomic E-state index is 13.3. The third-order valence-corrected chi connectivity index (χ3v) is 6.51. The third kappa shape index (κ3) is 4.74. The number of ether oxygens (including phenoxy) is 1. The summed E-state index contributed by atoms with van der Waals surface area (Å²) in [4.78, 5) is 40.1. The quantitative estimate of drug-likeness (QED) is 0.371. The first-order valence-corrected chi connectivity index (χ1v) is 11.3. The van der Waals surface area contributed by atoms with Crippen molar-refractivity contribution in [2.75, 3.05) is 20.3 Å². The first kappa shape index (κ1) is 24.7. The SMILES string of the molecule is COCCCn1c(C)cc(C(=O)CN2C(=O)NC(C)(c3ccc(C(C)(C)C)cc3)C2=O)c1C. The third-order valence-electron chi connectivity index (χ3n) is 6.51. The minimum absolute atomic E-state index is 0.0171. The summed E-state index contributed by atoms with van der Waals surface area (Å²) in [6, 6.07) is 8.98. The lowest BCUT2D eigenvalue weighted by Crippen LogP contribution is -2.41. The Morgan fingerprint density at radius 2 is 1.76 bits per heavy atom. The van der Waals surface area contributed by atoms with Gasteiger partial charge in [0.15, 0.2) is 5.78 Å². The number of rotatable bonds is 8. The first-order chi connectivity index (χ1) is 15.4. The van der Waals surface area contributed by atoms with Gasteiger partial charge in [-0.1, -0.05) is 45.0 Å². The molecule has 2 heterocycles. The van der Waals surface area contributed by atoms with Crippen molar-refractivity contribution in [3.8, 4) is 0 Å². The molecule has 1 aliphatic rings. The zero-order chi connectivity index (χ0) is 24.6. The van der Waals surface area contributed by atoms with Crippen molar-refractivity contribution in [3.63, 3.8) is 0 Å². The molecule has 1 aromatic carbocycles. The Balaban J connectivity index is 1.79. The largest absolute Gasteiger partial charge is 0.385 e. The summed E-state index contributed by atoms with van der Waals surface area (Å²) >= 11 is 0. The average Bonchev–Trinajstić information content (AvgIpc) is 3.15. The van der Waals surface area contributed by atoms with E-state index in [2.05, 4.69) is 30.7 Å². The number of aromatic nitrogens is 1. The van der Waals surface area contributed by atoms with Crippen LogP contribution in [-0.4, -0.2) is 47.4 Å². The van der Waals surface area contributed by atoms with E-state index < -0.39 is 17.5 Å². The van der Waals surface area contributed by atoms with Crippen LogP contribution in [0.25, 0.3) is 0 Å². The van der Waals surface area contributed by atoms with Crippen molar-refractivity contribution >= 4 is 17.7 Å². The molecule has 7 nitrogen and oxygen atoms in total. The number of benzene rings is 1. The van der Waals surface area contributed by atoms with Gasteiger partial charge in [-0.15, -0.1) is 0 Å². The Morgan fingerprint density at radius 3 is 2.33 bits per heavy atom. The highest BCUT2D eigenvalue weighted by molar-refractivity contribution is 6.11. The smallest absolute Gasteiger partial charge is 0.325 e. The highest BCUT2D eigenvalue weighted by atomic mass is 16.5. The number of Topliss-reactive ketones (excluding diaryl/α,β-unsaturated/α-hetero) is 1. The molecule has 3 amide bonds. The minimum Gasteiger partial charge on any atom is -0.385 e. The maximum atomic E-state index is 13.3. The van der Waals surface area contributed by atoms with E-state index in [0.29, 0.717) is 17.7 Å². The van der Waals surface area contributed by atoms with Gasteiger partial charge in [-0.3, -0.25) is 14.5 Å². The average molecular weight is 454 g/mol. The predicted octanol–water partition coefficient (Wildman–Crippen LogP) is 4.09. The predicted molar refractivity (Wildman–Crippen MR) is 127 cm³/mol. The van der Waals surface area contributed by atoms with E-state index in [-0.39, 0.29) is 17.7 Å². The summed E-state index contributed by atoms with van der Waals surface area (Å²) in [5.41, 5.74) is 2.95. The van der Waals surface area contributed by atoms with Crippen LogP contribution in [0, 0.1) is 13.8 Å². The van der Waals surface area contributed by atoms with Crippen LogP contribution in [0.15, 0.2) is 30.3 Å². The summed E-state index contributed by atoms with van der Waals surface area (Å²) < 4.78 is 7.19. The fraction of sp³-hybridized carbons (Fsp3) is 0.500. The fourth-order valence-corrected chi connectivity index (χ4v) is 4.36. The standard InChI is InChI=1S/C26H35N3O4/c1-17-15-21(18(2)28(17)13-8-14-33-7)22(30)16-29-23(31)26(6,27-24(29)32)20-11-9-19(10-12-20)25(3,4)5/h9-12,15H,8,13-14,16H2,1-7H3,(H,27,32). The number of methoxy groups -OCH3 is 1. The molecule has 3 rings (SSSR count). The molecular weight excluding hydrogens is 418 g/mol. The summed E-state index contributed by atoms with van der Waals surface area (Å²) in [7, 11) is 1.66. The number of hydrogen-bond donors (Lipinski definition) is 1. The number of imide groups is 1. The maximum Gasteiger partial charge on any atom is 0.325 e. The van der Waals surface area contributed by atoms with Crippen LogP contribution in [-0.2, 0) is 27.0 Å². The zero-order valence-electron chi connectivity index (χ0n) is 20.7. The molecule has 7 heteroatoms. The van der Waals surface area contributed by atoms with Gasteiger partial charge in [-0.05, 0) is 49.8 Å². The monoisotopic (exact) mass is 453 g/mol. The number of carbonyl (C=O) groups excluding carboxylic acids is 3. The molecule has 1 unspecified atom stereocenters. The number of nitrogens with zero attached hydrogens (tertiary/aromatic N) is 2. The number of urea groups is 1. The van der Waals surface area contributed by atoms with Gasteiger partial charge in [0.25, 0.3) is 5.91 Å². The summed E-state index contributed by atoms with van der Waals surface area (Å²) in [6.07, 6.45) is 0.833. The van der Waals surface area contributed by atoms with E-state index in [1.807, 2.05) is 44.2 Å². The molecular formula is C26H35N3O4. The van der Waals surface area contributed by atoms with E-state index in [4.69, 9.17) is 4.74 Å². The Kier molecular flexibility index (Phi) is 6.84. The Bertz CT molecular complexity index is 1060. The van der Waals surface area contributed by atoms with Crippen LogP contribution in [0.5, 0.6) is 0 Å². The number of nitrogens with one attached hydrogen (secondary N) is 1. The van der Waals surface area contributed by atoms with Gasteiger partial charge in [-0.25, -0.2) is 4.79 Å². The van der Waals surface area contributed by atoms with Crippen LogP contribution < -0.4 is 5.32 Å². The molecule has 1 aliphatic heterocycles. The number of carbonyl (C=O) groups is 3. The molecule has 178 valence electrons. The summed E-state index contributed by atoms with van der Waals surface area (Å²) in [5.74, 6) is -0.671. The lowest BCUT2D eigenvalue weighted by molar-refractivity contribution is -0.130. The highest BCUT2D eigenvalue weighted by Crippen LogP contribution is 2.31. The first-order valence-electron chi connectivity index (χ1n) is 11.3. The van der Waals surface area contributed by atoms with Crippen molar-refractivity contribution in [2.45, 2.75) is 65.5 Å². The Morgan fingerprint density at radius 1 is 1.12 bits per heavy atom. The van der Waals surface area contributed by atoms with Crippen LogP contribution >= 0.6 is 0 Å². The van der Waals surface area contributed by atoms with Crippen molar-refractivity contribution in [2.24, 2.45) is 0 Å². The van der Waals surface area contributed by atoms with Crippen LogP contribution in [0.4, 0.5) is 4.79 Å². The molecule has 0 aliphatic carbocycles. The lowest BCUT2D eigenvalue weighted by atomic mass is 9.84. The molecule has 1 atom stereocenters. The van der Waals surface area contributed by atoms with E-state index in [9.17, 15) is 14.4 Å². The second kappa shape index (κ2) is 9.14. The highest BCUT2D eigenvalue weighted by Gasteiger charge is 2.49. The van der Waals surface area contributed by atoms with Gasteiger partial charge in [0.05, 0.1) is 6.54 Å². The van der Waals surface area contributed by atoms with Crippen LogP contribution in [0.3, 0.4) is 0 Å². The fourth-order valence-electron chi connectivity index (χ4n) is 4.36. The van der Waals surface area contributed by atoms with Crippen LogP contribution in [0.1, 0.15) is 67.0 Å². The van der Waals surface area contributed by atoms with Gasteiger partial charge >= 0.3 is 6.03 Å². The summed E-state index contributed by atoms with van der Waals surface area (Å²) in [5, 5.41) is 2.79. The summed E-state index contributed by atoms with van der Waals surface area (Å²) in [6.45, 7) is 13.0. The normalized spacial score (nSPS) is 18.7. The van der Waals surface area contributed by atoms with E-state index in [0.717, 1.165) is 34.8 Å². The van der Waals surface area contributed by atoms with Crippen molar-refractivity contribution in [1.82, 2.24) is 14.8 Å². The molecule has 2 aromatic rings. The molecule has 1 saturated heterocycles. The van der Waals surface area contributed by atoms with E-state index in [1.54, 1.807) is 14.0 Å². The topological polar surface area (TPSA) is 80.6 Å². The Hall–Kier alpha value is -2.93. The Labute approximate surface area is 196 Å². The van der Waals surface area contributed by atoms with Crippen LogP contribution in [0.2, 0.25) is 0 Å². The number of ketones is 1. The molecule has 1 N–H and O–H groups in total. The van der Waals surface area contributed by atoms with Crippen molar-refractivity contribution in [1.29, 1.82) is 0 Å². The molecule has 1 fully saturated rings. The minimum atomic E-state index is -1.20. The van der Waals surface area contributed by atoms with Gasteiger partial charge in [0, 0.05) is 37.2 Å². The van der Waals surface area contributed by atoms with Gasteiger partial charge in [0.1, 0.15) is 5.54 Å². The van der Waals surface area contributed by atoms with Crippen molar-refractivity contribution in [3.05, 3.63) is 58.4 Å². The molecule has 0 bridgehead atoms. The molecule has 0 saturated carbocycles. The van der Waals surface area contributed by atoms with Gasteiger partial charge in [-0.2, -0.15) is 0 Å². The molecule has 0 spiro atoms. The van der Waals surface area contributed by atoms with Gasteiger partial charge < -0.3 is 14.6 Å². The number of hydrogen-bond acceptors (Lipinski definition) is 4.